The molecule has 1 atom stereocenters. The molecule has 0 aromatic heterocycles. The Balaban J connectivity index is 0.00000200. The van der Waals surface area contributed by atoms with Crippen molar-refractivity contribution in [1.82, 2.24) is 10.6 Å². The molecule has 5 nitrogen and oxygen atoms in total. The number of hydrogen-bond donors (Lipinski definition) is 4. The van der Waals surface area contributed by atoms with Gasteiger partial charge < -0.3 is 21.1 Å². The van der Waals surface area contributed by atoms with Gasteiger partial charge in [-0.15, -0.1) is 24.2 Å². The summed E-state index contributed by atoms with van der Waals surface area (Å²) in [7, 11) is 0. The maximum atomic E-state index is 11.8. The molecule has 0 bridgehead atoms. The van der Waals surface area contributed by atoms with Crippen molar-refractivity contribution in [3.05, 3.63) is 24.3 Å². The van der Waals surface area contributed by atoms with Crippen LogP contribution in [0.25, 0.3) is 0 Å². The first-order valence-electron chi connectivity index (χ1n) is 6.24. The third kappa shape index (κ3) is 4.56. The Morgan fingerprint density at radius 3 is 2.90 bits per heavy atom. The fraction of sp³-hybridized carbons (Fsp3) is 0.462. The van der Waals surface area contributed by atoms with Crippen LogP contribution in [0.5, 0.6) is 0 Å². The molecule has 2 rings (SSSR count). The quantitative estimate of drug-likeness (QED) is 0.638. The van der Waals surface area contributed by atoms with Crippen molar-refractivity contribution < 1.29 is 9.90 Å². The third-order valence-corrected chi connectivity index (χ3v) is 3.95. The first-order chi connectivity index (χ1) is 9.13. The molecule has 0 spiro atoms. The number of para-hydroxylation sites is 1. The molecule has 2 amide bonds. The van der Waals surface area contributed by atoms with E-state index in [-0.39, 0.29) is 25.0 Å². The van der Waals surface area contributed by atoms with Crippen LogP contribution in [0.2, 0.25) is 0 Å². The largest absolute Gasteiger partial charge is 0.387 e. The molecule has 1 saturated heterocycles. The maximum absolute atomic E-state index is 11.8. The summed E-state index contributed by atoms with van der Waals surface area (Å²) in [6.07, 6.45) is 2.63. The molecule has 4 N–H and O–H groups in total. The minimum atomic E-state index is -0.823. The summed E-state index contributed by atoms with van der Waals surface area (Å²) in [6.45, 7) is 1.57. The van der Waals surface area contributed by atoms with Gasteiger partial charge in [0.15, 0.2) is 0 Å². The van der Waals surface area contributed by atoms with Crippen molar-refractivity contribution in [2.45, 2.75) is 16.9 Å². The van der Waals surface area contributed by atoms with Crippen LogP contribution >= 0.6 is 24.2 Å². The highest BCUT2D eigenvalue weighted by Crippen LogP contribution is 2.24. The van der Waals surface area contributed by atoms with Crippen molar-refractivity contribution in [2.24, 2.45) is 0 Å². The monoisotopic (exact) mass is 317 g/mol. The molecule has 1 aliphatic rings. The molecule has 1 heterocycles. The highest BCUT2D eigenvalue weighted by Gasteiger charge is 2.31. The van der Waals surface area contributed by atoms with E-state index in [9.17, 15) is 9.90 Å². The van der Waals surface area contributed by atoms with E-state index >= 15 is 0 Å². The van der Waals surface area contributed by atoms with Gasteiger partial charge in [0.25, 0.3) is 0 Å². The minimum Gasteiger partial charge on any atom is -0.387 e. The molecule has 0 aliphatic carbocycles. The van der Waals surface area contributed by atoms with Gasteiger partial charge in [0.2, 0.25) is 0 Å². The van der Waals surface area contributed by atoms with E-state index in [1.54, 1.807) is 11.8 Å². The number of halogens is 1. The number of carbonyl (C=O) groups is 1. The second kappa shape index (κ2) is 7.73. The van der Waals surface area contributed by atoms with Crippen LogP contribution in [0.15, 0.2) is 29.2 Å². The van der Waals surface area contributed by atoms with Gasteiger partial charge in [0.1, 0.15) is 0 Å². The number of rotatable bonds is 4. The zero-order chi connectivity index (χ0) is 13.7. The Kier molecular flexibility index (Phi) is 6.61. The highest BCUT2D eigenvalue weighted by molar-refractivity contribution is 7.98. The van der Waals surface area contributed by atoms with E-state index in [1.165, 1.54) is 0 Å². The second-order valence-corrected chi connectivity index (χ2v) is 5.51. The molecule has 1 unspecified atom stereocenters. The molecule has 0 radical (unpaired) electrons. The SMILES string of the molecule is CSc1ccccc1NC(=O)NCC1(O)CCNC1.Cl. The number of β-amino-alcohol motifs (C(OH)–C–C–N with tert-alkyl or cyclic N) is 1. The zero-order valence-corrected chi connectivity index (χ0v) is 12.9. The van der Waals surface area contributed by atoms with Gasteiger partial charge in [0, 0.05) is 18.0 Å². The van der Waals surface area contributed by atoms with Crippen LogP contribution in [0, 0.1) is 0 Å². The van der Waals surface area contributed by atoms with Crippen molar-refractivity contribution in [1.29, 1.82) is 0 Å². The van der Waals surface area contributed by atoms with Crippen LogP contribution in [-0.4, -0.2) is 42.6 Å². The van der Waals surface area contributed by atoms with Crippen LogP contribution in [0.3, 0.4) is 0 Å². The van der Waals surface area contributed by atoms with Gasteiger partial charge >= 0.3 is 6.03 Å². The molecule has 112 valence electrons. The Bertz CT molecular complexity index is 453. The number of thioether (sulfide) groups is 1. The van der Waals surface area contributed by atoms with E-state index in [2.05, 4.69) is 16.0 Å². The Labute approximate surface area is 129 Å². The fourth-order valence-corrected chi connectivity index (χ4v) is 2.59. The molecule has 1 aromatic rings. The van der Waals surface area contributed by atoms with E-state index in [0.717, 1.165) is 17.1 Å². The average Bonchev–Trinajstić information content (AvgIpc) is 2.85. The Hall–Kier alpha value is -0.950. The summed E-state index contributed by atoms with van der Waals surface area (Å²) in [5, 5.41) is 18.7. The summed E-state index contributed by atoms with van der Waals surface area (Å²) in [4.78, 5) is 12.8. The van der Waals surface area contributed by atoms with Crippen molar-refractivity contribution in [3.63, 3.8) is 0 Å². The molecule has 0 saturated carbocycles. The van der Waals surface area contributed by atoms with E-state index in [0.29, 0.717) is 13.0 Å². The number of urea groups is 1. The summed E-state index contributed by atoms with van der Waals surface area (Å²) in [6, 6.07) is 7.33. The molecular formula is C13H20ClN3O2S. The number of nitrogens with one attached hydrogen (secondary N) is 3. The highest BCUT2D eigenvalue weighted by atomic mass is 35.5. The van der Waals surface area contributed by atoms with Crippen LogP contribution in [0.1, 0.15) is 6.42 Å². The first-order valence-corrected chi connectivity index (χ1v) is 7.46. The number of benzene rings is 1. The predicted molar refractivity (Wildman–Crippen MR) is 84.9 cm³/mol. The van der Waals surface area contributed by atoms with E-state index < -0.39 is 5.60 Å². The average molecular weight is 318 g/mol. The summed E-state index contributed by atoms with van der Waals surface area (Å²) < 4.78 is 0. The Morgan fingerprint density at radius 1 is 1.50 bits per heavy atom. The first kappa shape index (κ1) is 17.1. The fourth-order valence-electron chi connectivity index (χ4n) is 2.04. The van der Waals surface area contributed by atoms with Crippen LogP contribution in [-0.2, 0) is 0 Å². The molecule has 20 heavy (non-hydrogen) atoms. The van der Waals surface area contributed by atoms with Gasteiger partial charge in [0.05, 0.1) is 11.3 Å². The van der Waals surface area contributed by atoms with E-state index in [4.69, 9.17) is 0 Å². The van der Waals surface area contributed by atoms with Gasteiger partial charge in [-0.3, -0.25) is 0 Å². The topological polar surface area (TPSA) is 73.4 Å². The summed E-state index contributed by atoms with van der Waals surface area (Å²) >= 11 is 1.58. The number of anilines is 1. The lowest BCUT2D eigenvalue weighted by Gasteiger charge is -2.21. The van der Waals surface area contributed by atoms with Gasteiger partial charge in [-0.2, -0.15) is 0 Å². The van der Waals surface area contributed by atoms with Gasteiger partial charge in [-0.25, -0.2) is 4.79 Å². The lowest BCUT2D eigenvalue weighted by molar-refractivity contribution is 0.0640. The number of aliphatic hydroxyl groups is 1. The van der Waals surface area contributed by atoms with Crippen molar-refractivity contribution in [3.8, 4) is 0 Å². The van der Waals surface area contributed by atoms with Crippen molar-refractivity contribution in [2.75, 3.05) is 31.2 Å². The number of carbonyl (C=O) groups excluding carboxylic acids is 1. The Morgan fingerprint density at radius 2 is 2.25 bits per heavy atom. The maximum Gasteiger partial charge on any atom is 0.319 e. The normalized spacial score (nSPS) is 21.1. The zero-order valence-electron chi connectivity index (χ0n) is 11.3. The third-order valence-electron chi connectivity index (χ3n) is 3.15. The molecule has 7 heteroatoms. The number of hydrogen-bond acceptors (Lipinski definition) is 4. The predicted octanol–water partition coefficient (Wildman–Crippen LogP) is 1.68. The number of amides is 2. The second-order valence-electron chi connectivity index (χ2n) is 4.66. The lowest BCUT2D eigenvalue weighted by Crippen LogP contribution is -2.45. The standard InChI is InChI=1S/C13H19N3O2S.ClH/c1-19-11-5-3-2-4-10(11)16-12(17)15-9-13(18)6-7-14-8-13;/h2-5,14,18H,6-9H2,1H3,(H2,15,16,17);1H. The molecule has 1 fully saturated rings. The minimum absolute atomic E-state index is 0. The van der Waals surface area contributed by atoms with Crippen LogP contribution in [0.4, 0.5) is 10.5 Å². The van der Waals surface area contributed by atoms with Crippen LogP contribution < -0.4 is 16.0 Å². The summed E-state index contributed by atoms with van der Waals surface area (Å²) in [5.74, 6) is 0. The summed E-state index contributed by atoms with van der Waals surface area (Å²) in [5.41, 5.74) is -0.0415. The molecule has 1 aromatic carbocycles. The molecular weight excluding hydrogens is 298 g/mol. The lowest BCUT2D eigenvalue weighted by atomic mass is 10.0. The van der Waals surface area contributed by atoms with Gasteiger partial charge in [-0.1, -0.05) is 12.1 Å². The van der Waals surface area contributed by atoms with E-state index in [1.807, 2.05) is 30.5 Å². The van der Waals surface area contributed by atoms with Crippen molar-refractivity contribution >= 4 is 35.9 Å². The smallest absolute Gasteiger partial charge is 0.319 e. The molecule has 1 aliphatic heterocycles. The van der Waals surface area contributed by atoms with Gasteiger partial charge in [-0.05, 0) is 31.4 Å².